The van der Waals surface area contributed by atoms with Crippen molar-refractivity contribution in [3.63, 3.8) is 0 Å². The highest BCUT2D eigenvalue weighted by molar-refractivity contribution is 9.10. The van der Waals surface area contributed by atoms with Crippen LogP contribution in [-0.2, 0) is 0 Å². The van der Waals surface area contributed by atoms with Gasteiger partial charge >= 0.3 is 0 Å². The number of anilines is 3. The molecule has 0 radical (unpaired) electrons. The fraction of sp³-hybridized carbons (Fsp3) is 0.391. The Labute approximate surface area is 190 Å². The third-order valence-electron chi connectivity index (χ3n) is 5.85. The van der Waals surface area contributed by atoms with Crippen LogP contribution in [0.15, 0.2) is 47.1 Å². The Morgan fingerprint density at radius 2 is 1.71 bits per heavy atom. The average Bonchev–Trinajstić information content (AvgIpc) is 2.83. The fourth-order valence-electron chi connectivity index (χ4n) is 4.12. The highest BCUT2D eigenvalue weighted by Gasteiger charge is 2.17. The van der Waals surface area contributed by atoms with Gasteiger partial charge in [0.25, 0.3) is 0 Å². The normalized spacial score (nSPS) is 17.6. The van der Waals surface area contributed by atoms with Gasteiger partial charge in [-0.05, 0) is 62.3 Å². The first-order valence-electron chi connectivity index (χ1n) is 10.9. The molecule has 0 saturated carbocycles. The molecule has 2 fully saturated rings. The van der Waals surface area contributed by atoms with Gasteiger partial charge in [-0.2, -0.15) is 0 Å². The van der Waals surface area contributed by atoms with Gasteiger partial charge in [0.1, 0.15) is 17.4 Å². The van der Waals surface area contributed by atoms with Crippen molar-refractivity contribution < 1.29 is 4.74 Å². The van der Waals surface area contributed by atoms with Gasteiger partial charge in [-0.15, -0.1) is 0 Å². The summed E-state index contributed by atoms with van der Waals surface area (Å²) in [6.45, 7) is 6.12. The van der Waals surface area contributed by atoms with E-state index in [1.165, 1.54) is 5.69 Å². The number of piperidine rings is 1. The summed E-state index contributed by atoms with van der Waals surface area (Å²) < 4.78 is 7.29. The van der Waals surface area contributed by atoms with Crippen LogP contribution >= 0.6 is 15.9 Å². The zero-order valence-corrected chi connectivity index (χ0v) is 19.0. The van der Waals surface area contributed by atoms with Gasteiger partial charge in [-0.1, -0.05) is 15.9 Å². The number of nitrogens with zero attached hydrogens (tertiary/aromatic N) is 3. The second-order valence-electron chi connectivity index (χ2n) is 7.98. The maximum absolute atomic E-state index is 6.32. The molecule has 3 heterocycles. The Hall–Kier alpha value is -2.42. The number of hydrogen-bond donors (Lipinski definition) is 3. The lowest BCUT2D eigenvalue weighted by atomic mass is 10.1. The van der Waals surface area contributed by atoms with Crippen molar-refractivity contribution in [3.05, 3.63) is 47.1 Å². The first-order chi connectivity index (χ1) is 15.3. The van der Waals surface area contributed by atoms with E-state index in [9.17, 15) is 0 Å². The summed E-state index contributed by atoms with van der Waals surface area (Å²) in [5.74, 6) is 1.38. The van der Waals surface area contributed by atoms with E-state index in [4.69, 9.17) is 9.72 Å². The van der Waals surface area contributed by atoms with Gasteiger partial charge in [0.2, 0.25) is 5.95 Å². The van der Waals surface area contributed by atoms with Crippen molar-refractivity contribution in [3.8, 4) is 5.75 Å². The third-order valence-corrected chi connectivity index (χ3v) is 6.54. The van der Waals surface area contributed by atoms with E-state index in [1.54, 1.807) is 0 Å². The molecule has 31 heavy (non-hydrogen) atoms. The first-order valence-corrected chi connectivity index (χ1v) is 11.7. The maximum atomic E-state index is 6.32. The topological polar surface area (TPSA) is 74.3 Å². The van der Waals surface area contributed by atoms with Gasteiger partial charge in [0.05, 0.1) is 0 Å². The molecule has 0 unspecified atom stereocenters. The molecule has 3 N–H and O–H groups in total. The lowest BCUT2D eigenvalue weighted by Crippen LogP contribution is -2.43. The van der Waals surface area contributed by atoms with Crippen molar-refractivity contribution >= 4 is 44.2 Å². The number of piperazine rings is 1. The summed E-state index contributed by atoms with van der Waals surface area (Å²) in [5.41, 5.74) is 3.03. The summed E-state index contributed by atoms with van der Waals surface area (Å²) in [6.07, 6.45) is 4.08. The maximum Gasteiger partial charge on any atom is 0.227 e. The van der Waals surface area contributed by atoms with Crippen molar-refractivity contribution in [1.29, 1.82) is 0 Å². The van der Waals surface area contributed by atoms with Gasteiger partial charge in [-0.25, -0.2) is 9.97 Å². The van der Waals surface area contributed by atoms with Gasteiger partial charge in [0, 0.05) is 53.6 Å². The van der Waals surface area contributed by atoms with Gasteiger partial charge in [-0.3, -0.25) is 0 Å². The van der Waals surface area contributed by atoms with Crippen LogP contribution in [0.5, 0.6) is 5.75 Å². The van der Waals surface area contributed by atoms with Crippen molar-refractivity contribution in [1.82, 2.24) is 20.6 Å². The molecule has 2 aromatic carbocycles. The Morgan fingerprint density at radius 3 is 2.48 bits per heavy atom. The number of ether oxygens (including phenoxy) is 1. The van der Waals surface area contributed by atoms with Gasteiger partial charge in [0.15, 0.2) is 0 Å². The van der Waals surface area contributed by atoms with E-state index in [0.29, 0.717) is 5.95 Å². The number of hydrogen-bond acceptors (Lipinski definition) is 7. The molecule has 0 spiro atoms. The second kappa shape index (κ2) is 9.38. The third kappa shape index (κ3) is 4.76. The Balaban J connectivity index is 1.36. The van der Waals surface area contributed by atoms with Crippen LogP contribution in [-0.4, -0.2) is 55.3 Å². The molecule has 0 aliphatic carbocycles. The molecule has 2 saturated heterocycles. The molecule has 3 aromatic rings. The molecule has 2 aliphatic rings. The second-order valence-corrected chi connectivity index (χ2v) is 8.83. The standard InChI is InChI=1S/C23H27BrN6O/c24-20-5-6-21(31-18-7-9-25-10-8-18)22-19(20)15-27-23(29-22)28-16-1-3-17(4-2-16)30-13-11-26-12-14-30/h1-6,15,18,25-26H,7-14H2,(H,27,28,29). The zero-order chi connectivity index (χ0) is 21.0. The van der Waals surface area contributed by atoms with Crippen LogP contribution in [0.4, 0.5) is 17.3 Å². The first kappa shape index (κ1) is 20.5. The molecular formula is C23H27BrN6O. The SMILES string of the molecule is Brc1ccc(OC2CCNCC2)c2nc(Nc3ccc(N4CCNCC4)cc3)ncc12. The molecule has 0 atom stereocenters. The highest BCUT2D eigenvalue weighted by Crippen LogP contribution is 2.32. The summed E-state index contributed by atoms with van der Waals surface area (Å²) >= 11 is 3.62. The Bertz CT molecular complexity index is 1030. The molecule has 8 heteroatoms. The van der Waals surface area contributed by atoms with E-state index >= 15 is 0 Å². The van der Waals surface area contributed by atoms with Crippen molar-refractivity contribution in [2.75, 3.05) is 49.5 Å². The summed E-state index contributed by atoms with van der Waals surface area (Å²) in [4.78, 5) is 11.7. The average molecular weight is 483 g/mol. The molecular weight excluding hydrogens is 456 g/mol. The van der Waals surface area contributed by atoms with Crippen molar-refractivity contribution in [2.45, 2.75) is 18.9 Å². The lowest BCUT2D eigenvalue weighted by Gasteiger charge is -2.29. The number of benzene rings is 2. The monoisotopic (exact) mass is 482 g/mol. The minimum Gasteiger partial charge on any atom is -0.488 e. The number of aromatic nitrogens is 2. The molecule has 2 aliphatic heterocycles. The van der Waals surface area contributed by atoms with E-state index < -0.39 is 0 Å². The molecule has 7 nitrogen and oxygen atoms in total. The Morgan fingerprint density at radius 1 is 0.968 bits per heavy atom. The fourth-order valence-corrected chi connectivity index (χ4v) is 4.54. The minimum atomic E-state index is 0.217. The summed E-state index contributed by atoms with van der Waals surface area (Å²) in [6, 6.07) is 12.5. The number of halogens is 1. The molecule has 0 amide bonds. The molecule has 0 bridgehead atoms. The van der Waals surface area contributed by atoms with Crippen LogP contribution in [0.3, 0.4) is 0 Å². The zero-order valence-electron chi connectivity index (χ0n) is 17.4. The quantitative estimate of drug-likeness (QED) is 0.512. The van der Waals surface area contributed by atoms with E-state index in [2.05, 4.69) is 66.0 Å². The summed E-state index contributed by atoms with van der Waals surface area (Å²) in [5, 5.41) is 11.1. The highest BCUT2D eigenvalue weighted by atomic mass is 79.9. The predicted octanol–water partition coefficient (Wildman–Crippen LogP) is 3.68. The number of rotatable bonds is 5. The summed E-state index contributed by atoms with van der Waals surface area (Å²) in [7, 11) is 0. The van der Waals surface area contributed by atoms with Crippen LogP contribution in [0.25, 0.3) is 10.9 Å². The van der Waals surface area contributed by atoms with Crippen LogP contribution in [0.1, 0.15) is 12.8 Å². The molecule has 5 rings (SSSR count). The van der Waals surface area contributed by atoms with Crippen LogP contribution < -0.4 is 25.6 Å². The largest absolute Gasteiger partial charge is 0.488 e. The predicted molar refractivity (Wildman–Crippen MR) is 129 cm³/mol. The molecule has 1 aromatic heterocycles. The van der Waals surface area contributed by atoms with E-state index in [-0.39, 0.29) is 6.10 Å². The number of fused-ring (bicyclic) bond motifs is 1. The van der Waals surface area contributed by atoms with Gasteiger partial charge < -0.3 is 25.6 Å². The Kier molecular flexibility index (Phi) is 6.20. The number of nitrogens with one attached hydrogen (secondary N) is 3. The minimum absolute atomic E-state index is 0.217. The molecule has 162 valence electrons. The van der Waals surface area contributed by atoms with Crippen molar-refractivity contribution in [2.24, 2.45) is 0 Å². The van der Waals surface area contributed by atoms with E-state index in [0.717, 1.165) is 78.9 Å². The smallest absolute Gasteiger partial charge is 0.227 e. The van der Waals surface area contributed by atoms with E-state index in [1.807, 2.05) is 18.3 Å². The lowest BCUT2D eigenvalue weighted by molar-refractivity contribution is 0.164. The van der Waals surface area contributed by atoms with Crippen LogP contribution in [0.2, 0.25) is 0 Å². The van der Waals surface area contributed by atoms with Crippen LogP contribution in [0, 0.1) is 0 Å².